The second-order valence-corrected chi connectivity index (χ2v) is 8.17. The van der Waals surface area contributed by atoms with Crippen molar-refractivity contribution in [3.8, 4) is 0 Å². The fourth-order valence-electron chi connectivity index (χ4n) is 3.99. The number of halogens is 1. The van der Waals surface area contributed by atoms with Crippen molar-refractivity contribution >= 4 is 11.7 Å². The minimum atomic E-state index is -0.245. The van der Waals surface area contributed by atoms with Crippen LogP contribution >= 0.6 is 0 Å². The normalized spacial score (nSPS) is 14.4. The summed E-state index contributed by atoms with van der Waals surface area (Å²) >= 11 is 0. The molecule has 1 saturated heterocycles. The predicted molar refractivity (Wildman–Crippen MR) is 117 cm³/mol. The van der Waals surface area contributed by atoms with Gasteiger partial charge in [-0.1, -0.05) is 26.0 Å². The molecule has 0 spiro atoms. The Morgan fingerprint density at radius 3 is 2.42 bits per heavy atom. The van der Waals surface area contributed by atoms with Crippen molar-refractivity contribution in [1.82, 2.24) is 14.9 Å². The SMILES string of the molecule is Cc1nc(C(C)C)c(Cc2ccc(F)cc2)c(N2CCN(C(=O)c3ccco3)CC2)n1. The number of anilines is 1. The molecule has 1 aromatic carbocycles. The Bertz CT molecular complexity index is 1040. The van der Waals surface area contributed by atoms with E-state index >= 15 is 0 Å². The van der Waals surface area contributed by atoms with E-state index in [1.807, 2.05) is 24.0 Å². The smallest absolute Gasteiger partial charge is 0.289 e. The lowest BCUT2D eigenvalue weighted by Crippen LogP contribution is -2.49. The highest BCUT2D eigenvalue weighted by atomic mass is 19.1. The van der Waals surface area contributed by atoms with Crippen LogP contribution in [-0.2, 0) is 6.42 Å². The van der Waals surface area contributed by atoms with Crippen LogP contribution in [0.2, 0.25) is 0 Å². The number of amides is 1. The van der Waals surface area contributed by atoms with E-state index in [0.29, 0.717) is 38.4 Å². The van der Waals surface area contributed by atoms with Crippen LogP contribution in [0.15, 0.2) is 47.1 Å². The zero-order chi connectivity index (χ0) is 22.0. The van der Waals surface area contributed by atoms with E-state index < -0.39 is 0 Å². The second kappa shape index (κ2) is 8.88. The molecule has 162 valence electrons. The molecule has 3 heterocycles. The molecule has 3 aromatic rings. The van der Waals surface area contributed by atoms with Crippen LogP contribution in [0.5, 0.6) is 0 Å². The van der Waals surface area contributed by atoms with Gasteiger partial charge in [0.1, 0.15) is 17.5 Å². The third-order valence-electron chi connectivity index (χ3n) is 5.57. The first-order valence-corrected chi connectivity index (χ1v) is 10.6. The fourth-order valence-corrected chi connectivity index (χ4v) is 3.99. The van der Waals surface area contributed by atoms with Crippen LogP contribution in [0.4, 0.5) is 10.2 Å². The molecule has 7 heteroatoms. The molecule has 0 unspecified atom stereocenters. The van der Waals surface area contributed by atoms with Gasteiger partial charge >= 0.3 is 0 Å². The van der Waals surface area contributed by atoms with Crippen molar-refractivity contribution in [3.05, 3.63) is 76.9 Å². The number of hydrogen-bond acceptors (Lipinski definition) is 5. The lowest BCUT2D eigenvalue weighted by Gasteiger charge is -2.36. The largest absolute Gasteiger partial charge is 0.459 e. The summed E-state index contributed by atoms with van der Waals surface area (Å²) in [5, 5.41) is 0. The van der Waals surface area contributed by atoms with E-state index in [0.717, 1.165) is 28.5 Å². The van der Waals surface area contributed by atoms with Gasteiger partial charge in [0.2, 0.25) is 0 Å². The average molecular weight is 423 g/mol. The van der Waals surface area contributed by atoms with Gasteiger partial charge in [0.15, 0.2) is 5.76 Å². The maximum absolute atomic E-state index is 13.4. The molecule has 0 N–H and O–H groups in total. The van der Waals surface area contributed by atoms with Crippen molar-refractivity contribution in [2.75, 3.05) is 31.1 Å². The summed E-state index contributed by atoms with van der Waals surface area (Å²) in [6, 6.07) is 10.0. The second-order valence-electron chi connectivity index (χ2n) is 8.17. The summed E-state index contributed by atoms with van der Waals surface area (Å²) in [4.78, 5) is 26.2. The highest BCUT2D eigenvalue weighted by Crippen LogP contribution is 2.29. The van der Waals surface area contributed by atoms with Crippen LogP contribution in [0.1, 0.15) is 53.0 Å². The lowest BCUT2D eigenvalue weighted by atomic mass is 9.97. The molecular formula is C24H27FN4O2. The number of aromatic nitrogens is 2. The highest BCUT2D eigenvalue weighted by molar-refractivity contribution is 5.91. The minimum Gasteiger partial charge on any atom is -0.459 e. The van der Waals surface area contributed by atoms with Gasteiger partial charge < -0.3 is 14.2 Å². The minimum absolute atomic E-state index is 0.0853. The Balaban J connectivity index is 1.60. The van der Waals surface area contributed by atoms with Crippen LogP contribution < -0.4 is 4.90 Å². The molecule has 0 saturated carbocycles. The number of carbonyl (C=O) groups excluding carboxylic acids is 1. The summed E-state index contributed by atoms with van der Waals surface area (Å²) in [6.07, 6.45) is 2.15. The molecule has 0 radical (unpaired) electrons. The number of benzene rings is 1. The van der Waals surface area contributed by atoms with E-state index in [2.05, 4.69) is 18.7 Å². The summed E-state index contributed by atoms with van der Waals surface area (Å²) in [5.74, 6) is 1.91. The first kappa shape index (κ1) is 21.0. The number of piperazine rings is 1. The van der Waals surface area contributed by atoms with Crippen LogP contribution in [0.3, 0.4) is 0 Å². The van der Waals surface area contributed by atoms with E-state index in [-0.39, 0.29) is 17.6 Å². The molecule has 2 aromatic heterocycles. The van der Waals surface area contributed by atoms with Gasteiger partial charge in [0.05, 0.1) is 12.0 Å². The zero-order valence-electron chi connectivity index (χ0n) is 18.1. The molecule has 1 aliphatic rings. The molecule has 6 nitrogen and oxygen atoms in total. The third kappa shape index (κ3) is 4.60. The van der Waals surface area contributed by atoms with Crippen molar-refractivity contribution in [1.29, 1.82) is 0 Å². The van der Waals surface area contributed by atoms with Gasteiger partial charge in [0.25, 0.3) is 5.91 Å². The first-order valence-electron chi connectivity index (χ1n) is 10.6. The molecule has 1 amide bonds. The van der Waals surface area contributed by atoms with Gasteiger partial charge in [-0.2, -0.15) is 0 Å². The van der Waals surface area contributed by atoms with Crippen molar-refractivity contribution in [2.45, 2.75) is 33.1 Å². The quantitative estimate of drug-likeness (QED) is 0.617. The summed E-state index contributed by atoms with van der Waals surface area (Å²) in [5.41, 5.74) is 3.10. The molecule has 4 rings (SSSR count). The average Bonchev–Trinajstić information content (AvgIpc) is 3.30. The summed E-state index contributed by atoms with van der Waals surface area (Å²) in [6.45, 7) is 8.70. The van der Waals surface area contributed by atoms with Crippen LogP contribution in [0, 0.1) is 12.7 Å². The van der Waals surface area contributed by atoms with E-state index in [1.165, 1.54) is 18.4 Å². The molecule has 1 fully saturated rings. The van der Waals surface area contributed by atoms with Gasteiger partial charge in [-0.05, 0) is 42.7 Å². The van der Waals surface area contributed by atoms with Crippen LogP contribution in [-0.4, -0.2) is 47.0 Å². The Kier molecular flexibility index (Phi) is 6.02. The van der Waals surface area contributed by atoms with Gasteiger partial charge in [-0.3, -0.25) is 4.79 Å². The Labute approximate surface area is 181 Å². The number of furan rings is 1. The van der Waals surface area contributed by atoms with Gasteiger partial charge in [0, 0.05) is 38.2 Å². The third-order valence-corrected chi connectivity index (χ3v) is 5.57. The standard InChI is InChI=1S/C24H27FN4O2/c1-16(2)22-20(15-18-6-8-19(25)9-7-18)23(27-17(3)26-22)28-10-12-29(13-11-28)24(30)21-5-4-14-31-21/h4-9,14,16H,10-13,15H2,1-3H3. The van der Waals surface area contributed by atoms with Crippen LogP contribution in [0.25, 0.3) is 0 Å². The predicted octanol–water partition coefficient (Wildman–Crippen LogP) is 4.19. The van der Waals surface area contributed by atoms with Crippen molar-refractivity contribution < 1.29 is 13.6 Å². The Hall–Kier alpha value is -3.22. The number of carbonyl (C=O) groups is 1. The van der Waals surface area contributed by atoms with E-state index in [9.17, 15) is 9.18 Å². The Morgan fingerprint density at radius 1 is 1.10 bits per heavy atom. The maximum Gasteiger partial charge on any atom is 0.289 e. The number of rotatable bonds is 5. The van der Waals surface area contributed by atoms with Crippen molar-refractivity contribution in [3.63, 3.8) is 0 Å². The molecule has 0 aliphatic carbocycles. The van der Waals surface area contributed by atoms with Crippen molar-refractivity contribution in [2.24, 2.45) is 0 Å². The summed E-state index contributed by atoms with van der Waals surface area (Å²) in [7, 11) is 0. The molecule has 31 heavy (non-hydrogen) atoms. The van der Waals surface area contributed by atoms with Gasteiger partial charge in [-0.15, -0.1) is 0 Å². The molecule has 1 aliphatic heterocycles. The monoisotopic (exact) mass is 422 g/mol. The lowest BCUT2D eigenvalue weighted by molar-refractivity contribution is 0.0714. The van der Waals surface area contributed by atoms with Gasteiger partial charge in [-0.25, -0.2) is 14.4 Å². The topological polar surface area (TPSA) is 62.5 Å². The number of hydrogen-bond donors (Lipinski definition) is 0. The highest BCUT2D eigenvalue weighted by Gasteiger charge is 2.27. The number of aryl methyl sites for hydroxylation is 1. The Morgan fingerprint density at radius 2 is 1.81 bits per heavy atom. The molecule has 0 atom stereocenters. The number of nitrogens with zero attached hydrogens (tertiary/aromatic N) is 4. The first-order chi connectivity index (χ1) is 14.9. The van der Waals surface area contributed by atoms with E-state index in [1.54, 1.807) is 12.1 Å². The molecular weight excluding hydrogens is 395 g/mol. The molecule has 0 bridgehead atoms. The van der Waals surface area contributed by atoms with E-state index in [4.69, 9.17) is 14.4 Å². The zero-order valence-corrected chi connectivity index (χ0v) is 18.1. The maximum atomic E-state index is 13.4. The fraction of sp³-hybridized carbons (Fsp3) is 0.375. The summed E-state index contributed by atoms with van der Waals surface area (Å²) < 4.78 is 18.6.